The molecule has 0 atom stereocenters. The number of nitrogens with one attached hydrogen (secondary N) is 1. The summed E-state index contributed by atoms with van der Waals surface area (Å²) in [6.07, 6.45) is 0. The third-order valence-corrected chi connectivity index (χ3v) is 4.83. The van der Waals surface area contributed by atoms with Gasteiger partial charge in [-0.05, 0) is 56.3 Å². The molecule has 0 radical (unpaired) electrons. The van der Waals surface area contributed by atoms with Crippen LogP contribution >= 0.6 is 0 Å². The van der Waals surface area contributed by atoms with Crippen molar-refractivity contribution in [2.45, 2.75) is 13.8 Å². The van der Waals surface area contributed by atoms with Gasteiger partial charge in [-0.1, -0.05) is 30.3 Å². The number of anilines is 1. The van der Waals surface area contributed by atoms with Crippen molar-refractivity contribution < 1.29 is 14.3 Å². The molecule has 156 valence electrons. The number of nitrogens with zero attached hydrogens (tertiary/aromatic N) is 1. The van der Waals surface area contributed by atoms with Gasteiger partial charge < -0.3 is 14.8 Å². The van der Waals surface area contributed by atoms with E-state index in [9.17, 15) is 4.79 Å². The number of amides is 1. The SMILES string of the molecule is CCOc1ccc(NC(=O)c2ccc3nc(-c4ccccc4)cc(OCC)c3c2)cc1. The fourth-order valence-electron chi connectivity index (χ4n) is 3.37. The van der Waals surface area contributed by atoms with Crippen molar-refractivity contribution in [2.24, 2.45) is 0 Å². The van der Waals surface area contributed by atoms with Gasteiger partial charge in [0.2, 0.25) is 0 Å². The van der Waals surface area contributed by atoms with Gasteiger partial charge in [-0.3, -0.25) is 4.79 Å². The van der Waals surface area contributed by atoms with Crippen molar-refractivity contribution in [1.82, 2.24) is 4.98 Å². The molecule has 0 fully saturated rings. The highest BCUT2D eigenvalue weighted by atomic mass is 16.5. The van der Waals surface area contributed by atoms with E-state index < -0.39 is 0 Å². The first-order valence-electron chi connectivity index (χ1n) is 10.3. The van der Waals surface area contributed by atoms with Gasteiger partial charge in [-0.15, -0.1) is 0 Å². The van der Waals surface area contributed by atoms with Crippen LogP contribution in [-0.4, -0.2) is 24.1 Å². The summed E-state index contributed by atoms with van der Waals surface area (Å²) < 4.78 is 11.3. The number of hydrogen-bond donors (Lipinski definition) is 1. The monoisotopic (exact) mass is 412 g/mol. The first-order valence-corrected chi connectivity index (χ1v) is 10.3. The molecule has 0 aliphatic rings. The Morgan fingerprint density at radius 2 is 1.61 bits per heavy atom. The summed E-state index contributed by atoms with van der Waals surface area (Å²) in [5, 5.41) is 3.73. The van der Waals surface area contributed by atoms with Crippen LogP contribution in [0.4, 0.5) is 5.69 Å². The van der Waals surface area contributed by atoms with E-state index in [4.69, 9.17) is 14.5 Å². The fraction of sp³-hybridized carbons (Fsp3) is 0.154. The third kappa shape index (κ3) is 4.67. The molecule has 0 unspecified atom stereocenters. The van der Waals surface area contributed by atoms with E-state index in [1.54, 1.807) is 6.07 Å². The van der Waals surface area contributed by atoms with Gasteiger partial charge in [0.15, 0.2) is 0 Å². The van der Waals surface area contributed by atoms with Gasteiger partial charge >= 0.3 is 0 Å². The lowest BCUT2D eigenvalue weighted by Crippen LogP contribution is -2.12. The third-order valence-electron chi connectivity index (χ3n) is 4.83. The minimum Gasteiger partial charge on any atom is -0.494 e. The maximum absolute atomic E-state index is 12.8. The summed E-state index contributed by atoms with van der Waals surface area (Å²) >= 11 is 0. The lowest BCUT2D eigenvalue weighted by molar-refractivity contribution is 0.102. The molecule has 0 bridgehead atoms. The molecule has 5 heteroatoms. The summed E-state index contributed by atoms with van der Waals surface area (Å²) in [4.78, 5) is 17.6. The van der Waals surface area contributed by atoms with Gasteiger partial charge in [-0.25, -0.2) is 4.98 Å². The molecule has 1 amide bonds. The lowest BCUT2D eigenvalue weighted by Gasteiger charge is -2.12. The van der Waals surface area contributed by atoms with E-state index in [0.29, 0.717) is 30.2 Å². The predicted molar refractivity (Wildman–Crippen MR) is 124 cm³/mol. The topological polar surface area (TPSA) is 60.5 Å². The Kier molecular flexibility index (Phi) is 6.13. The number of carbonyl (C=O) groups excluding carboxylic acids is 1. The number of hydrogen-bond acceptors (Lipinski definition) is 4. The molecule has 1 heterocycles. The van der Waals surface area contributed by atoms with Crippen LogP contribution in [0.1, 0.15) is 24.2 Å². The van der Waals surface area contributed by atoms with E-state index in [1.165, 1.54) is 0 Å². The first kappa shape index (κ1) is 20.4. The largest absolute Gasteiger partial charge is 0.494 e. The van der Waals surface area contributed by atoms with E-state index in [2.05, 4.69) is 5.32 Å². The van der Waals surface area contributed by atoms with Crippen molar-refractivity contribution in [3.63, 3.8) is 0 Å². The number of ether oxygens (including phenoxy) is 2. The Hall–Kier alpha value is -3.86. The molecule has 5 nitrogen and oxygen atoms in total. The zero-order chi connectivity index (χ0) is 21.6. The van der Waals surface area contributed by atoms with Crippen LogP contribution in [0.15, 0.2) is 78.9 Å². The molecule has 1 N–H and O–H groups in total. The quantitative estimate of drug-likeness (QED) is 0.407. The Morgan fingerprint density at radius 3 is 2.32 bits per heavy atom. The van der Waals surface area contributed by atoms with Crippen LogP contribution < -0.4 is 14.8 Å². The van der Waals surface area contributed by atoms with Crippen LogP contribution in [0.3, 0.4) is 0 Å². The normalized spacial score (nSPS) is 10.6. The average Bonchev–Trinajstić information content (AvgIpc) is 2.81. The number of rotatable bonds is 7. The predicted octanol–water partition coefficient (Wildman–Crippen LogP) is 5.95. The molecular formula is C26H24N2O3. The second-order valence-electron chi connectivity index (χ2n) is 6.95. The number of carbonyl (C=O) groups is 1. The summed E-state index contributed by atoms with van der Waals surface area (Å²) in [6, 6.07) is 24.7. The molecule has 0 spiro atoms. The van der Waals surface area contributed by atoms with Crippen molar-refractivity contribution in [2.75, 3.05) is 18.5 Å². The molecular weight excluding hydrogens is 388 g/mol. The van der Waals surface area contributed by atoms with Crippen LogP contribution in [0.5, 0.6) is 11.5 Å². The minimum absolute atomic E-state index is 0.194. The Balaban J connectivity index is 1.64. The van der Waals surface area contributed by atoms with Crippen LogP contribution in [0.2, 0.25) is 0 Å². The standard InChI is InChI=1S/C26H24N2O3/c1-3-30-21-13-11-20(12-14-21)27-26(29)19-10-15-23-22(16-19)25(31-4-2)17-24(28-23)18-8-6-5-7-9-18/h5-17H,3-4H2,1-2H3,(H,27,29). The smallest absolute Gasteiger partial charge is 0.255 e. The van der Waals surface area contributed by atoms with Crippen LogP contribution in [-0.2, 0) is 0 Å². The lowest BCUT2D eigenvalue weighted by atomic mass is 10.1. The minimum atomic E-state index is -0.194. The zero-order valence-electron chi connectivity index (χ0n) is 17.6. The number of benzene rings is 3. The molecule has 0 saturated heterocycles. The van der Waals surface area contributed by atoms with Gasteiger partial charge in [0.1, 0.15) is 11.5 Å². The molecule has 0 saturated carbocycles. The van der Waals surface area contributed by atoms with E-state index in [-0.39, 0.29) is 5.91 Å². The van der Waals surface area contributed by atoms with Crippen molar-refractivity contribution in [1.29, 1.82) is 0 Å². The molecule has 0 aliphatic heterocycles. The average molecular weight is 412 g/mol. The highest BCUT2D eigenvalue weighted by Gasteiger charge is 2.13. The summed E-state index contributed by atoms with van der Waals surface area (Å²) in [7, 11) is 0. The second kappa shape index (κ2) is 9.30. The van der Waals surface area contributed by atoms with Gasteiger partial charge in [-0.2, -0.15) is 0 Å². The maximum Gasteiger partial charge on any atom is 0.255 e. The Bertz CT molecular complexity index is 1190. The van der Waals surface area contributed by atoms with Crippen LogP contribution in [0, 0.1) is 0 Å². The Labute approximate surface area is 181 Å². The Morgan fingerprint density at radius 1 is 0.871 bits per heavy atom. The number of pyridine rings is 1. The fourth-order valence-corrected chi connectivity index (χ4v) is 3.37. The summed E-state index contributed by atoms with van der Waals surface area (Å²) in [6.45, 7) is 5.00. The van der Waals surface area contributed by atoms with Gasteiger partial charge in [0, 0.05) is 28.3 Å². The molecule has 4 rings (SSSR count). The zero-order valence-corrected chi connectivity index (χ0v) is 17.6. The van der Waals surface area contributed by atoms with E-state index in [1.807, 2.05) is 86.6 Å². The molecule has 4 aromatic rings. The first-order chi connectivity index (χ1) is 15.2. The van der Waals surface area contributed by atoms with Crippen LogP contribution in [0.25, 0.3) is 22.2 Å². The summed E-state index contributed by atoms with van der Waals surface area (Å²) in [5.41, 5.74) is 3.88. The highest BCUT2D eigenvalue weighted by molar-refractivity contribution is 6.07. The van der Waals surface area contributed by atoms with E-state index >= 15 is 0 Å². The molecule has 1 aromatic heterocycles. The molecule has 3 aromatic carbocycles. The van der Waals surface area contributed by atoms with Gasteiger partial charge in [0.25, 0.3) is 5.91 Å². The van der Waals surface area contributed by atoms with Gasteiger partial charge in [0.05, 0.1) is 24.4 Å². The van der Waals surface area contributed by atoms with Crippen molar-refractivity contribution in [3.8, 4) is 22.8 Å². The second-order valence-corrected chi connectivity index (χ2v) is 6.95. The number of aromatic nitrogens is 1. The van der Waals surface area contributed by atoms with Crippen molar-refractivity contribution in [3.05, 3.63) is 84.4 Å². The molecule has 0 aliphatic carbocycles. The highest BCUT2D eigenvalue weighted by Crippen LogP contribution is 2.31. The van der Waals surface area contributed by atoms with Crippen molar-refractivity contribution >= 4 is 22.5 Å². The molecule has 31 heavy (non-hydrogen) atoms. The van der Waals surface area contributed by atoms with E-state index in [0.717, 1.165) is 27.9 Å². The summed E-state index contributed by atoms with van der Waals surface area (Å²) in [5.74, 6) is 1.29. The number of fused-ring (bicyclic) bond motifs is 1. The maximum atomic E-state index is 12.8.